The summed E-state index contributed by atoms with van der Waals surface area (Å²) in [6.07, 6.45) is -2.32. The Hall–Kier alpha value is -4.31. The summed E-state index contributed by atoms with van der Waals surface area (Å²) >= 11 is 0. The van der Waals surface area contributed by atoms with Crippen molar-refractivity contribution in [3.05, 3.63) is 74.8 Å². The van der Waals surface area contributed by atoms with Crippen molar-refractivity contribution in [2.24, 2.45) is 0 Å². The number of benzene rings is 2. The van der Waals surface area contributed by atoms with Crippen molar-refractivity contribution in [3.63, 3.8) is 0 Å². The van der Waals surface area contributed by atoms with Crippen molar-refractivity contribution < 1.29 is 44.6 Å². The summed E-state index contributed by atoms with van der Waals surface area (Å²) < 4.78 is 4.99. The average Bonchev–Trinajstić information content (AvgIpc) is 2.65. The molecule has 10 nitrogen and oxygen atoms in total. The van der Waals surface area contributed by atoms with Crippen LogP contribution < -0.4 is 5.63 Å². The average molecular weight is 454 g/mol. The standard InChI is InChI=1S/C23H18O10/c24-10-1-9(2-13-3-11(25)7-19(31)33-13)20(15(27)5-10)23(32)22-14-4-12(26)6-16(28)21(14)17(29)8-18(22)30/h1,3-7,18,22,24-28,30H,2,8H2/t18-,22+/m1/s1. The number of aliphatic hydroxyl groups excluding tert-OH is 1. The summed E-state index contributed by atoms with van der Waals surface area (Å²) in [5, 5.41) is 60.7. The van der Waals surface area contributed by atoms with Crippen molar-refractivity contribution in [2.75, 3.05) is 0 Å². The smallest absolute Gasteiger partial charge is 0.339 e. The van der Waals surface area contributed by atoms with E-state index in [1.807, 2.05) is 0 Å². The summed E-state index contributed by atoms with van der Waals surface area (Å²) in [5.74, 6) is -5.45. The molecule has 0 saturated heterocycles. The lowest BCUT2D eigenvalue weighted by Crippen LogP contribution is -2.34. The zero-order valence-corrected chi connectivity index (χ0v) is 16.8. The molecule has 2 aromatic carbocycles. The summed E-state index contributed by atoms with van der Waals surface area (Å²) in [5.41, 5.74) is -1.55. The predicted octanol–water partition coefficient (Wildman–Crippen LogP) is 1.67. The van der Waals surface area contributed by atoms with Crippen molar-refractivity contribution in [1.82, 2.24) is 0 Å². The Balaban J connectivity index is 1.86. The molecule has 0 radical (unpaired) electrons. The van der Waals surface area contributed by atoms with Crippen LogP contribution in [0.1, 0.15) is 49.9 Å². The molecule has 1 aliphatic rings. The van der Waals surface area contributed by atoms with Crippen LogP contribution in [0.25, 0.3) is 0 Å². The highest BCUT2D eigenvalue weighted by Crippen LogP contribution is 2.42. The molecule has 1 aliphatic carbocycles. The normalized spacial score (nSPS) is 17.5. The fourth-order valence-corrected chi connectivity index (χ4v) is 4.15. The van der Waals surface area contributed by atoms with Crippen LogP contribution in [0, 0.1) is 0 Å². The fraction of sp³-hybridized carbons (Fsp3) is 0.174. The number of phenols is 4. The van der Waals surface area contributed by atoms with Crippen molar-refractivity contribution in [3.8, 4) is 28.7 Å². The number of rotatable bonds is 4. The van der Waals surface area contributed by atoms with Crippen molar-refractivity contribution in [2.45, 2.75) is 24.9 Å². The Bertz CT molecular complexity index is 1350. The van der Waals surface area contributed by atoms with Gasteiger partial charge in [0.05, 0.1) is 29.2 Å². The third-order valence-electron chi connectivity index (χ3n) is 5.41. The van der Waals surface area contributed by atoms with Crippen molar-refractivity contribution in [1.29, 1.82) is 0 Å². The Morgan fingerprint density at radius 2 is 1.52 bits per heavy atom. The number of Topliss-reactive ketones (excluding diaryl/α,β-unsaturated/α-hetero) is 2. The van der Waals surface area contributed by atoms with Gasteiger partial charge in [0.2, 0.25) is 0 Å². The quantitative estimate of drug-likeness (QED) is 0.317. The van der Waals surface area contributed by atoms with Gasteiger partial charge >= 0.3 is 5.63 Å². The van der Waals surface area contributed by atoms with Gasteiger partial charge in [0.15, 0.2) is 11.6 Å². The number of aliphatic hydroxyl groups is 1. The molecule has 1 heterocycles. The highest BCUT2D eigenvalue weighted by molar-refractivity contribution is 6.10. The minimum atomic E-state index is -1.53. The lowest BCUT2D eigenvalue weighted by Gasteiger charge is -2.29. The molecule has 0 amide bonds. The maximum atomic E-state index is 13.6. The first-order valence-electron chi connectivity index (χ1n) is 9.74. The minimum absolute atomic E-state index is 0.00118. The van der Waals surface area contributed by atoms with Crippen LogP contribution in [0.15, 0.2) is 45.6 Å². The highest BCUT2D eigenvalue weighted by Gasteiger charge is 2.41. The molecule has 33 heavy (non-hydrogen) atoms. The van der Waals surface area contributed by atoms with Gasteiger partial charge < -0.3 is 35.1 Å². The van der Waals surface area contributed by atoms with Crippen LogP contribution in [0.3, 0.4) is 0 Å². The van der Waals surface area contributed by atoms with E-state index in [1.54, 1.807) is 0 Å². The summed E-state index contributed by atoms with van der Waals surface area (Å²) in [4.78, 5) is 37.5. The molecule has 4 rings (SSSR count). The number of fused-ring (bicyclic) bond motifs is 1. The second-order valence-corrected chi connectivity index (χ2v) is 7.74. The number of carbonyl (C=O) groups excluding carboxylic acids is 2. The first kappa shape index (κ1) is 21.9. The lowest BCUT2D eigenvalue weighted by molar-refractivity contribution is 0.0693. The van der Waals surface area contributed by atoms with Gasteiger partial charge in [0.1, 0.15) is 34.5 Å². The first-order chi connectivity index (χ1) is 15.5. The Morgan fingerprint density at radius 3 is 2.21 bits per heavy atom. The zero-order chi connectivity index (χ0) is 24.0. The molecule has 1 aromatic heterocycles. The second kappa shape index (κ2) is 7.99. The van der Waals surface area contributed by atoms with Gasteiger partial charge in [-0.05, 0) is 23.3 Å². The van der Waals surface area contributed by atoms with Gasteiger partial charge in [-0.15, -0.1) is 0 Å². The molecule has 2 atom stereocenters. The third-order valence-corrected chi connectivity index (χ3v) is 5.41. The zero-order valence-electron chi connectivity index (χ0n) is 16.8. The fourth-order valence-electron chi connectivity index (χ4n) is 4.15. The molecular formula is C23H18O10. The van der Waals surface area contributed by atoms with Crippen LogP contribution in [0.5, 0.6) is 28.7 Å². The van der Waals surface area contributed by atoms with Gasteiger partial charge in [0.25, 0.3) is 0 Å². The Morgan fingerprint density at radius 1 is 0.879 bits per heavy atom. The molecule has 10 heteroatoms. The number of carbonyl (C=O) groups is 2. The van der Waals surface area contributed by atoms with E-state index in [2.05, 4.69) is 0 Å². The van der Waals surface area contributed by atoms with E-state index in [-0.39, 0.29) is 40.2 Å². The third kappa shape index (κ3) is 3.99. The number of hydrogen-bond donors (Lipinski definition) is 6. The number of hydrogen-bond acceptors (Lipinski definition) is 10. The monoisotopic (exact) mass is 454 g/mol. The van der Waals surface area contributed by atoms with E-state index in [1.165, 1.54) is 0 Å². The van der Waals surface area contributed by atoms with Gasteiger partial charge in [-0.2, -0.15) is 0 Å². The minimum Gasteiger partial charge on any atom is -0.508 e. The lowest BCUT2D eigenvalue weighted by atomic mass is 9.75. The Kier molecular flexibility index (Phi) is 5.30. The maximum Gasteiger partial charge on any atom is 0.339 e. The molecule has 0 spiro atoms. The first-order valence-corrected chi connectivity index (χ1v) is 9.74. The molecule has 6 N–H and O–H groups in total. The highest BCUT2D eigenvalue weighted by atomic mass is 16.4. The van der Waals surface area contributed by atoms with Gasteiger partial charge in [-0.1, -0.05) is 0 Å². The summed E-state index contributed by atoms with van der Waals surface area (Å²) in [6.45, 7) is 0. The second-order valence-electron chi connectivity index (χ2n) is 7.74. The van der Waals surface area contributed by atoms with Crippen LogP contribution in [0.2, 0.25) is 0 Å². The molecule has 0 bridgehead atoms. The maximum absolute atomic E-state index is 13.6. The molecule has 0 fully saturated rings. The molecule has 0 saturated carbocycles. The summed E-state index contributed by atoms with van der Waals surface area (Å²) in [7, 11) is 0. The van der Waals surface area contributed by atoms with Crippen LogP contribution in [0.4, 0.5) is 0 Å². The largest absolute Gasteiger partial charge is 0.508 e. The van der Waals surface area contributed by atoms with Crippen LogP contribution in [-0.2, 0) is 6.42 Å². The summed E-state index contributed by atoms with van der Waals surface area (Å²) in [6, 6.07) is 6.00. The predicted molar refractivity (Wildman–Crippen MR) is 111 cm³/mol. The van der Waals surface area contributed by atoms with Gasteiger partial charge in [-0.25, -0.2) is 4.79 Å². The molecule has 170 valence electrons. The van der Waals surface area contributed by atoms with E-state index in [9.17, 15) is 45.0 Å². The van der Waals surface area contributed by atoms with Crippen molar-refractivity contribution >= 4 is 11.6 Å². The number of aromatic hydroxyl groups is 5. The van der Waals surface area contributed by atoms with Gasteiger partial charge in [0, 0.05) is 31.0 Å². The topological polar surface area (TPSA) is 186 Å². The Labute approximate surface area is 185 Å². The van der Waals surface area contributed by atoms with E-state index in [0.29, 0.717) is 0 Å². The van der Waals surface area contributed by atoms with E-state index >= 15 is 0 Å². The number of ketones is 2. The molecule has 0 aliphatic heterocycles. The SMILES string of the molecule is O=C1C[C@@H](O)[C@@H](C(=O)c2c(O)cc(O)cc2Cc2cc(O)cc(=O)o2)c2cc(O)cc(O)c21. The van der Waals surface area contributed by atoms with Crippen LogP contribution >= 0.6 is 0 Å². The molecular weight excluding hydrogens is 436 g/mol. The van der Waals surface area contributed by atoms with E-state index in [4.69, 9.17) is 4.42 Å². The molecule has 3 aromatic rings. The van der Waals surface area contributed by atoms with Gasteiger partial charge in [-0.3, -0.25) is 9.59 Å². The molecule has 0 unspecified atom stereocenters. The van der Waals surface area contributed by atoms with E-state index < -0.39 is 58.6 Å². The van der Waals surface area contributed by atoms with Crippen LogP contribution in [-0.4, -0.2) is 48.3 Å². The van der Waals surface area contributed by atoms with E-state index in [0.717, 1.165) is 36.4 Å². The number of phenolic OH excluding ortho intramolecular Hbond substituents is 4.